The van der Waals surface area contributed by atoms with Crippen LogP contribution < -0.4 is 0 Å². The molecule has 3 rings (SSSR count). The molecule has 0 unspecified atom stereocenters. The molecule has 0 saturated carbocycles. The SMILES string of the molecule is O=C1CCCC(=O)[C@]2(Cc3ccccc3)CCCN12. The average molecular weight is 257 g/mol. The third kappa shape index (κ3) is 2.07. The quantitative estimate of drug-likeness (QED) is 0.815. The summed E-state index contributed by atoms with van der Waals surface area (Å²) in [4.78, 5) is 26.7. The van der Waals surface area contributed by atoms with Gasteiger partial charge >= 0.3 is 0 Å². The third-order valence-corrected chi connectivity index (χ3v) is 4.44. The zero-order valence-corrected chi connectivity index (χ0v) is 11.1. The van der Waals surface area contributed by atoms with Gasteiger partial charge in [0.15, 0.2) is 5.78 Å². The molecule has 1 aromatic rings. The molecule has 100 valence electrons. The smallest absolute Gasteiger partial charge is 0.223 e. The number of ketones is 1. The normalized spacial score (nSPS) is 27.3. The number of hydrogen-bond acceptors (Lipinski definition) is 2. The first-order valence-corrected chi connectivity index (χ1v) is 7.10. The second-order valence-corrected chi connectivity index (χ2v) is 5.62. The van der Waals surface area contributed by atoms with E-state index < -0.39 is 5.54 Å². The van der Waals surface area contributed by atoms with Gasteiger partial charge < -0.3 is 4.90 Å². The third-order valence-electron chi connectivity index (χ3n) is 4.44. The summed E-state index contributed by atoms with van der Waals surface area (Å²) >= 11 is 0. The van der Waals surface area contributed by atoms with Crippen LogP contribution >= 0.6 is 0 Å². The Labute approximate surface area is 113 Å². The maximum atomic E-state index is 12.6. The van der Waals surface area contributed by atoms with E-state index >= 15 is 0 Å². The van der Waals surface area contributed by atoms with Gasteiger partial charge in [-0.3, -0.25) is 9.59 Å². The van der Waals surface area contributed by atoms with E-state index in [9.17, 15) is 9.59 Å². The van der Waals surface area contributed by atoms with Gasteiger partial charge in [0.2, 0.25) is 5.91 Å². The Bertz CT molecular complexity index is 497. The molecule has 2 saturated heterocycles. The highest BCUT2D eigenvalue weighted by Gasteiger charge is 2.49. The van der Waals surface area contributed by atoms with Crippen LogP contribution in [-0.2, 0) is 16.0 Å². The lowest BCUT2D eigenvalue weighted by Gasteiger charge is -2.36. The van der Waals surface area contributed by atoms with Crippen molar-refractivity contribution in [3.63, 3.8) is 0 Å². The Balaban J connectivity index is 1.97. The molecule has 1 atom stereocenters. The van der Waals surface area contributed by atoms with Gasteiger partial charge in [0.05, 0.1) is 0 Å². The average Bonchev–Trinajstić information content (AvgIpc) is 2.80. The van der Waals surface area contributed by atoms with Crippen LogP contribution in [0.1, 0.15) is 37.7 Å². The van der Waals surface area contributed by atoms with Crippen LogP contribution in [-0.4, -0.2) is 28.7 Å². The van der Waals surface area contributed by atoms with Gasteiger partial charge in [-0.2, -0.15) is 0 Å². The topological polar surface area (TPSA) is 37.4 Å². The van der Waals surface area contributed by atoms with Crippen LogP contribution in [0, 0.1) is 0 Å². The molecule has 2 fully saturated rings. The van der Waals surface area contributed by atoms with Crippen LogP contribution in [0.2, 0.25) is 0 Å². The molecule has 0 spiro atoms. The number of benzene rings is 1. The zero-order chi connectivity index (χ0) is 13.3. The molecule has 0 aromatic heterocycles. The number of fused-ring (bicyclic) bond motifs is 1. The van der Waals surface area contributed by atoms with Crippen LogP contribution in [0.4, 0.5) is 0 Å². The van der Waals surface area contributed by atoms with Gasteiger partial charge in [0.25, 0.3) is 0 Å². The summed E-state index contributed by atoms with van der Waals surface area (Å²) in [6.45, 7) is 0.747. The summed E-state index contributed by atoms with van der Waals surface area (Å²) in [6, 6.07) is 10.1. The summed E-state index contributed by atoms with van der Waals surface area (Å²) < 4.78 is 0. The van der Waals surface area contributed by atoms with Crippen molar-refractivity contribution in [1.29, 1.82) is 0 Å². The van der Waals surface area contributed by atoms with Gasteiger partial charge in [0, 0.05) is 25.8 Å². The minimum atomic E-state index is -0.547. The molecule has 2 heterocycles. The van der Waals surface area contributed by atoms with Crippen LogP contribution in [0.15, 0.2) is 30.3 Å². The van der Waals surface area contributed by atoms with Crippen molar-refractivity contribution in [2.75, 3.05) is 6.54 Å². The van der Waals surface area contributed by atoms with E-state index in [-0.39, 0.29) is 11.7 Å². The molecule has 1 aromatic carbocycles. The fourth-order valence-electron chi connectivity index (χ4n) is 3.52. The highest BCUT2D eigenvalue weighted by Crippen LogP contribution is 2.37. The lowest BCUT2D eigenvalue weighted by molar-refractivity contribution is -0.141. The standard InChI is InChI=1S/C16H19NO2/c18-14-8-4-9-15(19)17-11-5-10-16(14,17)12-13-6-2-1-3-7-13/h1-3,6-7H,4-5,8-12H2/t16-/m1/s1. The van der Waals surface area contributed by atoms with E-state index in [4.69, 9.17) is 0 Å². The Hall–Kier alpha value is -1.64. The minimum Gasteiger partial charge on any atom is -0.330 e. The molecule has 2 aliphatic rings. The number of carbonyl (C=O) groups is 2. The highest BCUT2D eigenvalue weighted by atomic mass is 16.2. The maximum absolute atomic E-state index is 12.6. The molecule has 3 heteroatoms. The van der Waals surface area contributed by atoms with Crippen molar-refractivity contribution in [3.8, 4) is 0 Å². The van der Waals surface area contributed by atoms with E-state index in [1.807, 2.05) is 35.2 Å². The number of rotatable bonds is 2. The fourth-order valence-corrected chi connectivity index (χ4v) is 3.52. The van der Waals surface area contributed by atoms with Crippen LogP contribution in [0.3, 0.4) is 0 Å². The summed E-state index contributed by atoms with van der Waals surface area (Å²) in [5, 5.41) is 0. The molecule has 1 amide bonds. The second kappa shape index (κ2) is 4.80. The van der Waals surface area contributed by atoms with Gasteiger partial charge in [-0.1, -0.05) is 30.3 Å². The molecular weight excluding hydrogens is 238 g/mol. The van der Waals surface area contributed by atoms with E-state index in [0.29, 0.717) is 25.7 Å². The highest BCUT2D eigenvalue weighted by molar-refractivity contribution is 5.95. The molecule has 0 radical (unpaired) electrons. The summed E-state index contributed by atoms with van der Waals surface area (Å²) in [6.07, 6.45) is 4.25. The Morgan fingerprint density at radius 2 is 1.84 bits per heavy atom. The van der Waals surface area contributed by atoms with Crippen molar-refractivity contribution in [1.82, 2.24) is 4.90 Å². The second-order valence-electron chi connectivity index (χ2n) is 5.62. The van der Waals surface area contributed by atoms with Gasteiger partial charge in [-0.05, 0) is 24.8 Å². The lowest BCUT2D eigenvalue weighted by Crippen LogP contribution is -2.53. The molecule has 19 heavy (non-hydrogen) atoms. The predicted molar refractivity (Wildman–Crippen MR) is 72.7 cm³/mol. The molecule has 0 N–H and O–H groups in total. The van der Waals surface area contributed by atoms with Gasteiger partial charge in [-0.25, -0.2) is 0 Å². The van der Waals surface area contributed by atoms with E-state index in [1.165, 1.54) is 0 Å². The fraction of sp³-hybridized carbons (Fsp3) is 0.500. The van der Waals surface area contributed by atoms with E-state index in [2.05, 4.69) is 0 Å². The largest absolute Gasteiger partial charge is 0.330 e. The number of hydrogen-bond donors (Lipinski definition) is 0. The predicted octanol–water partition coefficient (Wildman–Crippen LogP) is 2.34. The van der Waals surface area contributed by atoms with Crippen molar-refractivity contribution in [2.45, 2.75) is 44.1 Å². The zero-order valence-electron chi connectivity index (χ0n) is 11.1. The Morgan fingerprint density at radius 3 is 2.63 bits per heavy atom. The first kappa shape index (κ1) is 12.4. The number of carbonyl (C=O) groups excluding carboxylic acids is 2. The van der Waals surface area contributed by atoms with Crippen molar-refractivity contribution in [2.24, 2.45) is 0 Å². The van der Waals surface area contributed by atoms with Crippen LogP contribution in [0.5, 0.6) is 0 Å². The van der Waals surface area contributed by atoms with Crippen molar-refractivity contribution >= 4 is 11.7 Å². The number of nitrogens with zero attached hydrogens (tertiary/aromatic N) is 1. The van der Waals surface area contributed by atoms with Crippen LogP contribution in [0.25, 0.3) is 0 Å². The summed E-state index contributed by atoms with van der Waals surface area (Å²) in [7, 11) is 0. The molecule has 3 nitrogen and oxygen atoms in total. The minimum absolute atomic E-state index is 0.166. The monoisotopic (exact) mass is 257 g/mol. The molecule has 2 aliphatic heterocycles. The summed E-state index contributed by atoms with van der Waals surface area (Å²) in [5.41, 5.74) is 0.604. The first-order valence-electron chi connectivity index (χ1n) is 7.10. The number of amides is 1. The van der Waals surface area contributed by atoms with E-state index in [1.54, 1.807) is 0 Å². The van der Waals surface area contributed by atoms with Gasteiger partial charge in [-0.15, -0.1) is 0 Å². The molecule has 0 aliphatic carbocycles. The van der Waals surface area contributed by atoms with E-state index in [0.717, 1.165) is 24.9 Å². The Kier molecular flexibility index (Phi) is 3.13. The molecular formula is C16H19NO2. The molecule has 0 bridgehead atoms. The van der Waals surface area contributed by atoms with Crippen molar-refractivity contribution < 1.29 is 9.59 Å². The summed E-state index contributed by atoms with van der Waals surface area (Å²) in [5.74, 6) is 0.430. The lowest BCUT2D eigenvalue weighted by atomic mass is 9.83. The first-order chi connectivity index (χ1) is 9.22. The van der Waals surface area contributed by atoms with Crippen molar-refractivity contribution in [3.05, 3.63) is 35.9 Å². The Morgan fingerprint density at radius 1 is 1.05 bits per heavy atom. The number of Topliss-reactive ketones (excluding diaryl/α,β-unsaturated/α-hetero) is 1. The maximum Gasteiger partial charge on any atom is 0.223 e. The van der Waals surface area contributed by atoms with Gasteiger partial charge in [0.1, 0.15) is 5.54 Å².